The summed E-state index contributed by atoms with van der Waals surface area (Å²) in [4.78, 5) is 26.6. The Morgan fingerprint density at radius 2 is 1.84 bits per heavy atom. The lowest BCUT2D eigenvalue weighted by Crippen LogP contribution is -2.50. The number of hydrogen-bond donors (Lipinski definition) is 1. The molecule has 134 valence electrons. The Labute approximate surface area is 147 Å². The lowest BCUT2D eigenvalue weighted by Gasteiger charge is -2.39. The molecule has 1 saturated carbocycles. The molecule has 0 aromatic heterocycles. The third-order valence-electron chi connectivity index (χ3n) is 5.39. The molecule has 3 fully saturated rings. The maximum Gasteiger partial charge on any atom is 0.227 e. The first-order valence-corrected chi connectivity index (χ1v) is 9.09. The average Bonchev–Trinajstić information content (AvgIpc) is 3.04. The van der Waals surface area contributed by atoms with Crippen LogP contribution in [0.25, 0.3) is 0 Å². The van der Waals surface area contributed by atoms with E-state index in [9.17, 15) is 9.59 Å². The maximum atomic E-state index is 12.6. The van der Waals surface area contributed by atoms with E-state index < -0.39 is 0 Å². The number of rotatable bonds is 3. The second-order valence-corrected chi connectivity index (χ2v) is 7.08. The van der Waals surface area contributed by atoms with Crippen molar-refractivity contribution in [1.29, 1.82) is 0 Å². The van der Waals surface area contributed by atoms with Crippen molar-refractivity contribution in [2.24, 2.45) is 5.92 Å². The second-order valence-electron chi connectivity index (χ2n) is 7.08. The molecule has 0 bridgehead atoms. The van der Waals surface area contributed by atoms with E-state index in [4.69, 9.17) is 9.47 Å². The van der Waals surface area contributed by atoms with Gasteiger partial charge in [0.1, 0.15) is 0 Å². The molecular formula is C19H24N2O4. The molecule has 0 radical (unpaired) electrons. The highest BCUT2D eigenvalue weighted by atomic mass is 16.6. The van der Waals surface area contributed by atoms with Crippen molar-refractivity contribution in [3.05, 3.63) is 30.3 Å². The van der Waals surface area contributed by atoms with Crippen LogP contribution in [0.1, 0.15) is 25.7 Å². The normalized spacial score (nSPS) is 32.3. The zero-order valence-electron chi connectivity index (χ0n) is 14.2. The molecule has 2 amide bonds. The number of nitrogens with one attached hydrogen (secondary N) is 1. The molecule has 2 aliphatic heterocycles. The largest absolute Gasteiger partial charge is 0.373 e. The number of carbonyl (C=O) groups is 2. The standard InChI is InChI=1S/C19H24N2O4/c22-18-10-13(12-21(18)15-4-2-1-3-5-15)19(23)20-14-6-7-16-17(11-14)25-9-8-24-16/h1-5,13-14,16-17H,6-12H2,(H,20,23). The predicted molar refractivity (Wildman–Crippen MR) is 92.2 cm³/mol. The summed E-state index contributed by atoms with van der Waals surface area (Å²) in [6.07, 6.45) is 3.13. The Balaban J connectivity index is 1.33. The highest BCUT2D eigenvalue weighted by Gasteiger charge is 2.38. The quantitative estimate of drug-likeness (QED) is 0.902. The molecule has 1 aliphatic carbocycles. The zero-order chi connectivity index (χ0) is 17.2. The number of benzene rings is 1. The number of carbonyl (C=O) groups excluding carboxylic acids is 2. The number of nitrogens with zero attached hydrogens (tertiary/aromatic N) is 1. The Morgan fingerprint density at radius 3 is 2.64 bits per heavy atom. The predicted octanol–water partition coefficient (Wildman–Crippen LogP) is 1.49. The van der Waals surface area contributed by atoms with E-state index in [1.165, 1.54) is 0 Å². The van der Waals surface area contributed by atoms with Crippen molar-refractivity contribution in [1.82, 2.24) is 5.32 Å². The summed E-state index contributed by atoms with van der Waals surface area (Å²) < 4.78 is 11.5. The van der Waals surface area contributed by atoms with Crippen LogP contribution >= 0.6 is 0 Å². The molecule has 4 atom stereocenters. The maximum absolute atomic E-state index is 12.6. The number of hydrogen-bond acceptors (Lipinski definition) is 4. The van der Waals surface area contributed by atoms with E-state index in [2.05, 4.69) is 5.32 Å². The van der Waals surface area contributed by atoms with Crippen LogP contribution in [0.4, 0.5) is 5.69 Å². The highest BCUT2D eigenvalue weighted by molar-refractivity contribution is 6.00. The number of ether oxygens (including phenoxy) is 2. The van der Waals surface area contributed by atoms with Gasteiger partial charge in [0.25, 0.3) is 0 Å². The molecule has 4 rings (SSSR count). The summed E-state index contributed by atoms with van der Waals surface area (Å²) in [6.45, 7) is 1.75. The lowest BCUT2D eigenvalue weighted by molar-refractivity contribution is -0.159. The molecule has 2 saturated heterocycles. The molecule has 1 aromatic carbocycles. The lowest BCUT2D eigenvalue weighted by atomic mass is 9.89. The number of anilines is 1. The van der Waals surface area contributed by atoms with Crippen molar-refractivity contribution in [2.45, 2.75) is 43.9 Å². The summed E-state index contributed by atoms with van der Waals surface area (Å²) in [6, 6.07) is 9.64. The van der Waals surface area contributed by atoms with E-state index in [1.807, 2.05) is 30.3 Å². The molecule has 0 spiro atoms. The number of para-hydroxylation sites is 1. The molecule has 3 aliphatic rings. The summed E-state index contributed by atoms with van der Waals surface area (Å²) >= 11 is 0. The smallest absolute Gasteiger partial charge is 0.227 e. The van der Waals surface area contributed by atoms with Crippen molar-refractivity contribution >= 4 is 17.5 Å². The second kappa shape index (κ2) is 7.14. The monoisotopic (exact) mass is 344 g/mol. The van der Waals surface area contributed by atoms with E-state index in [-0.39, 0.29) is 42.4 Å². The van der Waals surface area contributed by atoms with E-state index in [1.54, 1.807) is 4.90 Å². The molecule has 1 aromatic rings. The number of amides is 2. The first-order valence-electron chi connectivity index (χ1n) is 9.09. The van der Waals surface area contributed by atoms with Crippen LogP contribution in [0, 0.1) is 5.92 Å². The van der Waals surface area contributed by atoms with Gasteiger partial charge in [0.05, 0.1) is 31.3 Å². The van der Waals surface area contributed by atoms with Gasteiger partial charge in [0.2, 0.25) is 11.8 Å². The first kappa shape index (κ1) is 16.5. The van der Waals surface area contributed by atoms with E-state index >= 15 is 0 Å². The topological polar surface area (TPSA) is 67.9 Å². The van der Waals surface area contributed by atoms with Crippen molar-refractivity contribution < 1.29 is 19.1 Å². The molecule has 2 heterocycles. The first-order chi connectivity index (χ1) is 12.2. The van der Waals surface area contributed by atoms with Crippen LogP contribution < -0.4 is 10.2 Å². The van der Waals surface area contributed by atoms with Crippen LogP contribution in [-0.4, -0.2) is 49.8 Å². The van der Waals surface area contributed by atoms with Crippen molar-refractivity contribution in [2.75, 3.05) is 24.7 Å². The Morgan fingerprint density at radius 1 is 1.08 bits per heavy atom. The highest BCUT2D eigenvalue weighted by Crippen LogP contribution is 2.28. The average molecular weight is 344 g/mol. The Hall–Kier alpha value is -1.92. The van der Waals surface area contributed by atoms with Gasteiger partial charge in [-0.1, -0.05) is 18.2 Å². The van der Waals surface area contributed by atoms with Crippen LogP contribution in [0.3, 0.4) is 0 Å². The van der Waals surface area contributed by atoms with Crippen LogP contribution in [-0.2, 0) is 19.1 Å². The molecule has 6 nitrogen and oxygen atoms in total. The van der Waals surface area contributed by atoms with Crippen molar-refractivity contribution in [3.63, 3.8) is 0 Å². The van der Waals surface area contributed by atoms with Gasteiger partial charge in [-0.3, -0.25) is 9.59 Å². The van der Waals surface area contributed by atoms with Crippen molar-refractivity contribution in [3.8, 4) is 0 Å². The molecule has 6 heteroatoms. The van der Waals surface area contributed by atoms with Gasteiger partial charge >= 0.3 is 0 Å². The third-order valence-corrected chi connectivity index (χ3v) is 5.39. The van der Waals surface area contributed by atoms with E-state index in [0.717, 1.165) is 24.9 Å². The van der Waals surface area contributed by atoms with Gasteiger partial charge < -0.3 is 19.7 Å². The summed E-state index contributed by atoms with van der Waals surface area (Å²) in [5.41, 5.74) is 0.857. The fraction of sp³-hybridized carbons (Fsp3) is 0.579. The summed E-state index contributed by atoms with van der Waals surface area (Å²) in [7, 11) is 0. The zero-order valence-corrected chi connectivity index (χ0v) is 14.2. The fourth-order valence-electron chi connectivity index (χ4n) is 4.06. The van der Waals surface area contributed by atoms with Gasteiger partial charge in [0.15, 0.2) is 0 Å². The third kappa shape index (κ3) is 3.55. The molecule has 4 unspecified atom stereocenters. The summed E-state index contributed by atoms with van der Waals surface area (Å²) in [5.74, 6) is -0.292. The number of fused-ring (bicyclic) bond motifs is 1. The van der Waals surface area contributed by atoms with Gasteiger partial charge in [-0.25, -0.2) is 0 Å². The van der Waals surface area contributed by atoms with Crippen LogP contribution in [0.15, 0.2) is 30.3 Å². The van der Waals surface area contributed by atoms with Gasteiger partial charge in [-0.2, -0.15) is 0 Å². The minimum absolute atomic E-state index is 0.0130. The van der Waals surface area contributed by atoms with Crippen LogP contribution in [0.2, 0.25) is 0 Å². The fourth-order valence-corrected chi connectivity index (χ4v) is 4.06. The molecule has 1 N–H and O–H groups in total. The van der Waals surface area contributed by atoms with E-state index in [0.29, 0.717) is 19.8 Å². The minimum Gasteiger partial charge on any atom is -0.373 e. The molecule has 25 heavy (non-hydrogen) atoms. The molecular weight excluding hydrogens is 320 g/mol. The van der Waals surface area contributed by atoms with Gasteiger partial charge in [0, 0.05) is 24.7 Å². The Kier molecular flexibility index (Phi) is 4.72. The SMILES string of the molecule is O=C(NC1CCC2OCCOC2C1)C1CC(=O)N(c2ccccc2)C1. The van der Waals surface area contributed by atoms with Crippen LogP contribution in [0.5, 0.6) is 0 Å². The summed E-state index contributed by atoms with van der Waals surface area (Å²) in [5, 5.41) is 3.13. The minimum atomic E-state index is -0.283. The van der Waals surface area contributed by atoms with Gasteiger partial charge in [-0.05, 0) is 31.4 Å². The van der Waals surface area contributed by atoms with Gasteiger partial charge in [-0.15, -0.1) is 0 Å². The Bertz CT molecular complexity index is 636.